The largest absolute Gasteiger partial charge is 0.457 e. The number of hydrogen-bond acceptors (Lipinski definition) is 6. The zero-order valence-electron chi connectivity index (χ0n) is 16.6. The average Bonchev–Trinajstić information content (AvgIpc) is 3.33. The van der Waals surface area contributed by atoms with Crippen LogP contribution in [0, 0.1) is 0 Å². The number of carbonyl (C=O) groups excluding carboxylic acids is 2. The number of esters is 1. The number of carbonyl (C=O) groups is 2. The molecule has 0 atom stereocenters. The van der Waals surface area contributed by atoms with Gasteiger partial charge in [-0.1, -0.05) is 49.4 Å². The average molecular weight is 437 g/mol. The first kappa shape index (κ1) is 20.6. The number of furan rings is 1. The van der Waals surface area contributed by atoms with E-state index in [1.807, 2.05) is 0 Å². The van der Waals surface area contributed by atoms with Crippen molar-refractivity contribution in [2.24, 2.45) is 0 Å². The van der Waals surface area contributed by atoms with Crippen LogP contribution in [0.2, 0.25) is 0 Å². The molecule has 1 aromatic heterocycles. The number of hydrogen-bond donors (Lipinski definition) is 0. The van der Waals surface area contributed by atoms with Crippen LogP contribution in [0.5, 0.6) is 0 Å². The van der Waals surface area contributed by atoms with Gasteiger partial charge in [-0.25, -0.2) is 13.2 Å². The molecule has 2 aromatic carbocycles. The van der Waals surface area contributed by atoms with E-state index in [1.165, 1.54) is 30.5 Å². The third kappa shape index (κ3) is 3.66. The maximum absolute atomic E-state index is 13.5. The SMILES string of the molecule is CCCN1C(C(=O)c2ccccc2)=C(OC(=O)c2ccco2)c2ccccc2S1(=O)=O. The standard InChI is InChI=1S/C23H19NO6S/c1-2-14-24-20(21(25)16-9-4-3-5-10-16)22(30-23(26)18-12-8-15-29-18)17-11-6-7-13-19(17)31(24,27)28/h3-13,15H,2,14H2,1H3. The fourth-order valence-electron chi connectivity index (χ4n) is 3.38. The lowest BCUT2D eigenvalue weighted by Crippen LogP contribution is -2.39. The van der Waals surface area contributed by atoms with Crippen molar-refractivity contribution in [1.82, 2.24) is 4.31 Å². The molecule has 0 N–H and O–H groups in total. The van der Waals surface area contributed by atoms with Crippen molar-refractivity contribution in [1.29, 1.82) is 0 Å². The molecular formula is C23H19NO6S. The third-order valence-corrected chi connectivity index (χ3v) is 6.62. The number of ether oxygens (including phenoxy) is 1. The Kier molecular flexibility index (Phi) is 5.48. The summed E-state index contributed by atoms with van der Waals surface area (Å²) in [6.07, 6.45) is 1.77. The zero-order valence-corrected chi connectivity index (χ0v) is 17.5. The highest BCUT2D eigenvalue weighted by molar-refractivity contribution is 7.89. The van der Waals surface area contributed by atoms with E-state index < -0.39 is 21.8 Å². The van der Waals surface area contributed by atoms with Crippen LogP contribution in [0.3, 0.4) is 0 Å². The Morgan fingerprint density at radius 1 is 0.968 bits per heavy atom. The molecule has 1 aliphatic heterocycles. The van der Waals surface area contributed by atoms with Gasteiger partial charge in [0.1, 0.15) is 5.70 Å². The molecular weight excluding hydrogens is 418 g/mol. The molecule has 0 radical (unpaired) electrons. The van der Waals surface area contributed by atoms with Crippen LogP contribution < -0.4 is 0 Å². The molecule has 0 saturated carbocycles. The first-order valence-electron chi connectivity index (χ1n) is 9.67. The Morgan fingerprint density at radius 3 is 2.35 bits per heavy atom. The molecule has 158 valence electrons. The molecule has 8 heteroatoms. The highest BCUT2D eigenvalue weighted by Crippen LogP contribution is 2.39. The summed E-state index contributed by atoms with van der Waals surface area (Å²) < 4.78 is 38.5. The molecule has 0 unspecified atom stereocenters. The summed E-state index contributed by atoms with van der Waals surface area (Å²) in [6, 6.07) is 17.4. The van der Waals surface area contributed by atoms with Crippen molar-refractivity contribution in [3.63, 3.8) is 0 Å². The number of benzene rings is 2. The molecule has 4 rings (SSSR count). The second kappa shape index (κ2) is 8.23. The van der Waals surface area contributed by atoms with Gasteiger partial charge in [0.05, 0.1) is 11.2 Å². The predicted octanol–water partition coefficient (Wildman–Crippen LogP) is 4.10. The highest BCUT2D eigenvalue weighted by Gasteiger charge is 2.41. The lowest BCUT2D eigenvalue weighted by Gasteiger charge is -2.32. The van der Waals surface area contributed by atoms with E-state index in [-0.39, 0.29) is 39.8 Å². The van der Waals surface area contributed by atoms with Crippen LogP contribution >= 0.6 is 0 Å². The molecule has 0 amide bonds. The number of rotatable bonds is 6. The van der Waals surface area contributed by atoms with E-state index in [0.717, 1.165) is 4.31 Å². The number of sulfonamides is 1. The Hall–Kier alpha value is -3.65. The Labute approximate surface area is 179 Å². The Balaban J connectivity index is 1.97. The first-order chi connectivity index (χ1) is 14.9. The maximum atomic E-state index is 13.5. The molecule has 0 bridgehead atoms. The van der Waals surface area contributed by atoms with Crippen LogP contribution in [0.4, 0.5) is 0 Å². The number of allylic oxidation sites excluding steroid dienone is 1. The van der Waals surface area contributed by atoms with E-state index in [0.29, 0.717) is 6.42 Å². The Bertz CT molecular complexity index is 1260. The minimum Gasteiger partial charge on any atom is -0.457 e. The van der Waals surface area contributed by atoms with E-state index in [2.05, 4.69) is 0 Å². The van der Waals surface area contributed by atoms with Crippen LogP contribution in [0.1, 0.15) is 39.8 Å². The molecule has 0 spiro atoms. The van der Waals surface area contributed by atoms with Crippen LogP contribution in [0.25, 0.3) is 5.76 Å². The second-order valence-corrected chi connectivity index (χ2v) is 8.64. The van der Waals surface area contributed by atoms with Crippen molar-refractivity contribution < 1.29 is 27.2 Å². The molecule has 7 nitrogen and oxygen atoms in total. The van der Waals surface area contributed by atoms with Gasteiger partial charge in [-0.15, -0.1) is 0 Å². The van der Waals surface area contributed by atoms with Crippen LogP contribution in [-0.2, 0) is 14.8 Å². The molecule has 0 saturated heterocycles. The van der Waals surface area contributed by atoms with E-state index >= 15 is 0 Å². The minimum atomic E-state index is -4.03. The monoisotopic (exact) mass is 437 g/mol. The van der Waals surface area contributed by atoms with E-state index in [9.17, 15) is 18.0 Å². The summed E-state index contributed by atoms with van der Waals surface area (Å²) in [5, 5.41) is 0. The van der Waals surface area contributed by atoms with Crippen molar-refractivity contribution in [3.05, 3.63) is 95.6 Å². The van der Waals surface area contributed by atoms with Gasteiger partial charge < -0.3 is 9.15 Å². The van der Waals surface area contributed by atoms with Crippen LogP contribution in [0.15, 0.2) is 88.0 Å². The topological polar surface area (TPSA) is 93.9 Å². The minimum absolute atomic E-state index is 0.0321. The van der Waals surface area contributed by atoms with Gasteiger partial charge >= 0.3 is 5.97 Å². The normalized spacial score (nSPS) is 14.8. The second-order valence-electron chi connectivity index (χ2n) is 6.81. The van der Waals surface area contributed by atoms with Gasteiger partial charge in [0.25, 0.3) is 10.0 Å². The van der Waals surface area contributed by atoms with Gasteiger partial charge in [-0.2, -0.15) is 0 Å². The summed E-state index contributed by atoms with van der Waals surface area (Å²) >= 11 is 0. The third-order valence-electron chi connectivity index (χ3n) is 4.76. The number of fused-ring (bicyclic) bond motifs is 1. The lowest BCUT2D eigenvalue weighted by atomic mass is 10.0. The van der Waals surface area contributed by atoms with E-state index in [4.69, 9.17) is 9.15 Å². The van der Waals surface area contributed by atoms with Gasteiger partial charge in [0.15, 0.2) is 5.76 Å². The van der Waals surface area contributed by atoms with Gasteiger partial charge in [-0.3, -0.25) is 9.10 Å². The van der Waals surface area contributed by atoms with Crippen molar-refractivity contribution in [2.45, 2.75) is 18.2 Å². The van der Waals surface area contributed by atoms with Crippen molar-refractivity contribution >= 4 is 27.5 Å². The van der Waals surface area contributed by atoms with E-state index in [1.54, 1.807) is 49.4 Å². The molecule has 3 aromatic rings. The molecule has 2 heterocycles. The summed E-state index contributed by atoms with van der Waals surface area (Å²) in [5.74, 6) is -1.57. The molecule has 1 aliphatic rings. The Morgan fingerprint density at radius 2 is 1.68 bits per heavy atom. The summed E-state index contributed by atoms with van der Waals surface area (Å²) in [7, 11) is -4.03. The quantitative estimate of drug-likeness (QED) is 0.426. The summed E-state index contributed by atoms with van der Waals surface area (Å²) in [4.78, 5) is 26.1. The maximum Gasteiger partial charge on any atom is 0.379 e. The predicted molar refractivity (Wildman–Crippen MR) is 112 cm³/mol. The van der Waals surface area contributed by atoms with Crippen LogP contribution in [-0.4, -0.2) is 31.0 Å². The molecule has 0 fully saturated rings. The number of ketones is 1. The molecule has 31 heavy (non-hydrogen) atoms. The first-order valence-corrected chi connectivity index (χ1v) is 11.1. The lowest BCUT2D eigenvalue weighted by molar-refractivity contribution is 0.0651. The zero-order chi connectivity index (χ0) is 22.0. The fraction of sp³-hybridized carbons (Fsp3) is 0.130. The smallest absolute Gasteiger partial charge is 0.379 e. The van der Waals surface area contributed by atoms with Gasteiger partial charge in [0, 0.05) is 17.7 Å². The van der Waals surface area contributed by atoms with Gasteiger partial charge in [0.2, 0.25) is 11.5 Å². The van der Waals surface area contributed by atoms with Crippen molar-refractivity contribution in [3.8, 4) is 0 Å². The van der Waals surface area contributed by atoms with Gasteiger partial charge in [-0.05, 0) is 30.7 Å². The fourth-order valence-corrected chi connectivity index (χ4v) is 5.13. The summed E-state index contributed by atoms with van der Waals surface area (Å²) in [6.45, 7) is 1.85. The summed E-state index contributed by atoms with van der Waals surface area (Å²) in [5.41, 5.74) is 0.223. The van der Waals surface area contributed by atoms with Crippen molar-refractivity contribution in [2.75, 3.05) is 6.54 Å². The number of nitrogens with zero attached hydrogens (tertiary/aromatic N) is 1. The molecule has 0 aliphatic carbocycles. The number of Topliss-reactive ketones (excluding diaryl/α,β-unsaturated/α-hetero) is 1. The highest BCUT2D eigenvalue weighted by atomic mass is 32.2.